The first-order chi connectivity index (χ1) is 24.8. The molecule has 1 aliphatic carbocycles. The van der Waals surface area contributed by atoms with E-state index in [4.69, 9.17) is 0 Å². The van der Waals surface area contributed by atoms with Crippen LogP contribution in [-0.2, 0) is 5.41 Å². The molecule has 0 amide bonds. The van der Waals surface area contributed by atoms with E-state index >= 15 is 0 Å². The van der Waals surface area contributed by atoms with Crippen LogP contribution in [0.5, 0.6) is 0 Å². The number of aromatic nitrogens is 1. The third kappa shape index (κ3) is 5.89. The van der Waals surface area contributed by atoms with E-state index in [1.165, 1.54) is 88.0 Å². The molecule has 0 saturated carbocycles. The van der Waals surface area contributed by atoms with Crippen molar-refractivity contribution in [2.45, 2.75) is 40.0 Å². The van der Waals surface area contributed by atoms with Crippen LogP contribution in [0.15, 0.2) is 170 Å². The van der Waals surface area contributed by atoms with E-state index in [-0.39, 0.29) is 5.41 Å². The van der Waals surface area contributed by atoms with Gasteiger partial charge < -0.3 is 4.57 Å². The molecule has 1 aliphatic rings. The Kier molecular flexibility index (Phi) is 8.28. The standard InChI is InChI=1S/C23H17N.C16H16.C11H10/c1-16-10-13-21-20-8-4-5-9-22(20)24(23(21)14-16)19-12-11-17-6-2-3-7-18(17)15-19;1-11-8-9-15-13(10-11)12-6-4-5-7-14(12)16(15,2)3;1-9-5-4-7-10-6-2-3-8-11(9)10/h2-15H,1H3;4-10H,1-3H3;2-8H,1H3. The van der Waals surface area contributed by atoms with Gasteiger partial charge in [0.05, 0.1) is 11.0 Å². The van der Waals surface area contributed by atoms with Crippen molar-refractivity contribution in [3.8, 4) is 16.8 Å². The zero-order valence-electron chi connectivity index (χ0n) is 30.1. The van der Waals surface area contributed by atoms with Gasteiger partial charge in [-0.2, -0.15) is 0 Å². The second-order valence-electron chi connectivity index (χ2n) is 14.4. The van der Waals surface area contributed by atoms with E-state index in [1.807, 2.05) is 0 Å². The van der Waals surface area contributed by atoms with Gasteiger partial charge in [-0.05, 0) is 100.0 Å². The first-order valence-corrected chi connectivity index (χ1v) is 17.9. The van der Waals surface area contributed by atoms with Gasteiger partial charge in [0, 0.05) is 21.9 Å². The lowest BCUT2D eigenvalue weighted by molar-refractivity contribution is 0.660. The van der Waals surface area contributed by atoms with Crippen LogP contribution in [0.4, 0.5) is 0 Å². The molecular weight excluding hydrogens is 615 g/mol. The molecule has 1 heteroatoms. The average molecular weight is 658 g/mol. The topological polar surface area (TPSA) is 4.93 Å². The molecule has 0 atom stereocenters. The van der Waals surface area contributed by atoms with Crippen molar-refractivity contribution < 1.29 is 0 Å². The molecule has 0 bridgehead atoms. The summed E-state index contributed by atoms with van der Waals surface area (Å²) >= 11 is 0. The second-order valence-corrected chi connectivity index (χ2v) is 14.4. The lowest BCUT2D eigenvalue weighted by Gasteiger charge is -2.21. The first-order valence-electron chi connectivity index (χ1n) is 17.9. The smallest absolute Gasteiger partial charge is 0.0543 e. The maximum absolute atomic E-state index is 2.38. The monoisotopic (exact) mass is 657 g/mol. The summed E-state index contributed by atoms with van der Waals surface area (Å²) in [6, 6.07) is 61.0. The lowest BCUT2D eigenvalue weighted by Crippen LogP contribution is -2.14. The molecule has 0 N–H and O–H groups in total. The predicted molar refractivity (Wildman–Crippen MR) is 220 cm³/mol. The third-order valence-corrected chi connectivity index (χ3v) is 10.6. The number of rotatable bonds is 1. The zero-order chi connectivity index (χ0) is 35.1. The highest BCUT2D eigenvalue weighted by Gasteiger charge is 2.34. The molecule has 0 saturated heterocycles. The van der Waals surface area contributed by atoms with Crippen molar-refractivity contribution in [2.24, 2.45) is 0 Å². The van der Waals surface area contributed by atoms with Crippen LogP contribution in [0.1, 0.15) is 41.7 Å². The summed E-state index contributed by atoms with van der Waals surface area (Å²) in [4.78, 5) is 0. The third-order valence-electron chi connectivity index (χ3n) is 10.6. The molecular formula is C50H43N. The van der Waals surface area contributed by atoms with Crippen LogP contribution in [0, 0.1) is 20.8 Å². The van der Waals surface area contributed by atoms with Crippen molar-refractivity contribution in [3.63, 3.8) is 0 Å². The van der Waals surface area contributed by atoms with Gasteiger partial charge in [0.2, 0.25) is 0 Å². The van der Waals surface area contributed by atoms with Crippen molar-refractivity contribution in [3.05, 3.63) is 198 Å². The fourth-order valence-electron chi connectivity index (χ4n) is 7.90. The van der Waals surface area contributed by atoms with Crippen molar-refractivity contribution >= 4 is 43.4 Å². The molecule has 51 heavy (non-hydrogen) atoms. The summed E-state index contributed by atoms with van der Waals surface area (Å²) in [6.07, 6.45) is 0. The lowest BCUT2D eigenvalue weighted by atomic mass is 9.82. The Morgan fingerprint density at radius 3 is 1.82 bits per heavy atom. The van der Waals surface area contributed by atoms with Gasteiger partial charge in [-0.15, -0.1) is 0 Å². The number of para-hydroxylation sites is 1. The Morgan fingerprint density at radius 2 is 1.00 bits per heavy atom. The number of hydrogen-bond donors (Lipinski definition) is 0. The van der Waals surface area contributed by atoms with Gasteiger partial charge in [-0.25, -0.2) is 0 Å². The SMILES string of the molecule is Cc1ccc2c(c1)-c1ccccc1C2(C)C.Cc1ccc2c3ccccc3n(-c3ccc4ccccc4c3)c2c1.Cc1cccc2ccccc12. The van der Waals surface area contributed by atoms with Gasteiger partial charge in [0.25, 0.3) is 0 Å². The summed E-state index contributed by atoms with van der Waals surface area (Å²) in [5, 5.41) is 7.85. The van der Waals surface area contributed by atoms with E-state index in [9.17, 15) is 0 Å². The Labute approximate surface area is 301 Å². The number of nitrogens with zero attached hydrogens (tertiary/aromatic N) is 1. The summed E-state index contributed by atoms with van der Waals surface area (Å²) in [6.45, 7) is 11.1. The number of benzene rings is 8. The number of fused-ring (bicyclic) bond motifs is 8. The molecule has 0 aliphatic heterocycles. The maximum atomic E-state index is 2.38. The maximum Gasteiger partial charge on any atom is 0.0543 e. The van der Waals surface area contributed by atoms with Crippen LogP contribution in [-0.4, -0.2) is 4.57 Å². The molecule has 1 aromatic heterocycles. The Hall–Kier alpha value is -5.92. The Balaban J connectivity index is 0.000000119. The second kappa shape index (κ2) is 13.1. The molecule has 0 unspecified atom stereocenters. The van der Waals surface area contributed by atoms with Crippen LogP contribution in [0.2, 0.25) is 0 Å². The van der Waals surface area contributed by atoms with Crippen molar-refractivity contribution in [2.75, 3.05) is 0 Å². The summed E-state index contributed by atoms with van der Waals surface area (Å²) < 4.78 is 2.38. The molecule has 10 rings (SSSR count). The van der Waals surface area contributed by atoms with Gasteiger partial charge in [-0.3, -0.25) is 0 Å². The Morgan fingerprint density at radius 1 is 0.392 bits per heavy atom. The highest BCUT2D eigenvalue weighted by atomic mass is 15.0. The minimum absolute atomic E-state index is 0.152. The number of hydrogen-bond acceptors (Lipinski definition) is 0. The fraction of sp³-hybridized carbons (Fsp3) is 0.120. The van der Waals surface area contributed by atoms with Crippen LogP contribution in [0.25, 0.3) is 60.2 Å². The Bertz CT molecular complexity index is 2700. The molecule has 248 valence electrons. The predicted octanol–water partition coefficient (Wildman–Crippen LogP) is 13.7. The summed E-state index contributed by atoms with van der Waals surface area (Å²) in [7, 11) is 0. The molecule has 0 spiro atoms. The van der Waals surface area contributed by atoms with E-state index < -0.39 is 0 Å². The first kappa shape index (κ1) is 32.3. The van der Waals surface area contributed by atoms with Gasteiger partial charge in [-0.1, -0.05) is 165 Å². The highest BCUT2D eigenvalue weighted by molar-refractivity contribution is 6.09. The van der Waals surface area contributed by atoms with E-state index in [1.54, 1.807) is 0 Å². The molecule has 1 heterocycles. The minimum atomic E-state index is 0.152. The minimum Gasteiger partial charge on any atom is -0.309 e. The largest absolute Gasteiger partial charge is 0.309 e. The molecule has 0 radical (unpaired) electrons. The molecule has 8 aromatic carbocycles. The van der Waals surface area contributed by atoms with Gasteiger partial charge >= 0.3 is 0 Å². The van der Waals surface area contributed by atoms with Gasteiger partial charge in [0.15, 0.2) is 0 Å². The molecule has 9 aromatic rings. The molecule has 0 fully saturated rings. The van der Waals surface area contributed by atoms with E-state index in [0.717, 1.165) is 0 Å². The van der Waals surface area contributed by atoms with Gasteiger partial charge in [0.1, 0.15) is 0 Å². The van der Waals surface area contributed by atoms with E-state index in [2.05, 4.69) is 209 Å². The highest BCUT2D eigenvalue weighted by Crippen LogP contribution is 2.48. The summed E-state index contributed by atoms with van der Waals surface area (Å²) in [5.74, 6) is 0. The molecule has 1 nitrogen and oxygen atoms in total. The van der Waals surface area contributed by atoms with Crippen LogP contribution in [0.3, 0.4) is 0 Å². The van der Waals surface area contributed by atoms with E-state index in [0.29, 0.717) is 0 Å². The zero-order valence-corrected chi connectivity index (χ0v) is 30.1. The quantitative estimate of drug-likeness (QED) is 0.166. The fourth-order valence-corrected chi connectivity index (χ4v) is 7.90. The van der Waals surface area contributed by atoms with Crippen molar-refractivity contribution in [1.29, 1.82) is 0 Å². The summed E-state index contributed by atoms with van der Waals surface area (Å²) in [5.41, 5.74) is 13.6. The van der Waals surface area contributed by atoms with Crippen LogP contribution >= 0.6 is 0 Å². The normalized spacial score (nSPS) is 12.6. The van der Waals surface area contributed by atoms with Crippen LogP contribution < -0.4 is 0 Å². The average Bonchev–Trinajstić information content (AvgIpc) is 3.60. The van der Waals surface area contributed by atoms with Crippen molar-refractivity contribution in [1.82, 2.24) is 4.57 Å². The number of aryl methyl sites for hydroxylation is 3.